The van der Waals surface area contributed by atoms with Crippen molar-refractivity contribution in [2.24, 2.45) is 0 Å². The minimum atomic E-state index is -0.498. The second kappa shape index (κ2) is 7.13. The summed E-state index contributed by atoms with van der Waals surface area (Å²) in [5.41, 5.74) is 1.32. The summed E-state index contributed by atoms with van der Waals surface area (Å²) in [6, 6.07) is 4.92. The second-order valence-electron chi connectivity index (χ2n) is 3.67. The van der Waals surface area contributed by atoms with Crippen LogP contribution in [0.3, 0.4) is 0 Å². The molecule has 1 aromatic carbocycles. The lowest BCUT2D eigenvalue weighted by molar-refractivity contribution is -0.116. The molecule has 0 fully saturated rings. The van der Waals surface area contributed by atoms with Crippen molar-refractivity contribution in [2.45, 2.75) is 20.0 Å². The van der Waals surface area contributed by atoms with Gasteiger partial charge in [0.1, 0.15) is 0 Å². The van der Waals surface area contributed by atoms with Crippen LogP contribution in [0.5, 0.6) is 0 Å². The van der Waals surface area contributed by atoms with Crippen LogP contribution in [-0.2, 0) is 22.6 Å². The number of ether oxygens (including phenoxy) is 1. The summed E-state index contributed by atoms with van der Waals surface area (Å²) in [7, 11) is 0. The maximum atomic E-state index is 11.7. The van der Waals surface area contributed by atoms with E-state index in [0.29, 0.717) is 16.7 Å². The molecule has 1 N–H and O–H groups in total. The Morgan fingerprint density at radius 1 is 1.39 bits per heavy atom. The van der Waals surface area contributed by atoms with Gasteiger partial charge < -0.3 is 9.84 Å². The van der Waals surface area contributed by atoms with Crippen molar-refractivity contribution in [1.29, 1.82) is 0 Å². The first kappa shape index (κ1) is 14.7. The molecule has 0 aliphatic heterocycles. The predicted octanol–water partition coefficient (Wildman–Crippen LogP) is 1.71. The Kier molecular flexibility index (Phi) is 5.82. The molecular formula is C13H15ClO4. The van der Waals surface area contributed by atoms with E-state index in [1.54, 1.807) is 25.1 Å². The lowest BCUT2D eigenvalue weighted by atomic mass is 9.98. The monoisotopic (exact) mass is 270 g/mol. The van der Waals surface area contributed by atoms with Crippen LogP contribution in [0.4, 0.5) is 0 Å². The average Bonchev–Trinajstić information content (AvgIpc) is 2.38. The maximum absolute atomic E-state index is 11.7. The normalized spacial score (nSPS) is 10.2. The zero-order chi connectivity index (χ0) is 13.5. The van der Waals surface area contributed by atoms with Crippen LogP contribution in [0.2, 0.25) is 0 Å². The number of carbonyl (C=O) groups is 2. The molecule has 18 heavy (non-hydrogen) atoms. The Hall–Kier alpha value is -1.39. The number of Topliss-reactive ketones (excluding diaryl/α,β-unsaturated/α-hetero) is 1. The van der Waals surface area contributed by atoms with Crippen LogP contribution >= 0.6 is 11.6 Å². The molecule has 0 radical (unpaired) electrons. The number of hydrogen-bond donors (Lipinski definition) is 1. The number of alkyl halides is 1. The third-order valence-corrected chi connectivity index (χ3v) is 2.76. The van der Waals surface area contributed by atoms with Gasteiger partial charge in [-0.1, -0.05) is 12.1 Å². The minimum absolute atomic E-state index is 0.0888. The molecule has 0 unspecified atom stereocenters. The topological polar surface area (TPSA) is 63.6 Å². The maximum Gasteiger partial charge on any atom is 0.338 e. The summed E-state index contributed by atoms with van der Waals surface area (Å²) >= 11 is 5.45. The first-order valence-corrected chi connectivity index (χ1v) is 6.13. The summed E-state index contributed by atoms with van der Waals surface area (Å²) < 4.78 is 4.90. The molecule has 5 heteroatoms. The molecule has 4 nitrogen and oxygen atoms in total. The van der Waals surface area contributed by atoms with Gasteiger partial charge >= 0.3 is 5.97 Å². The highest BCUT2D eigenvalue weighted by atomic mass is 35.5. The molecule has 0 aromatic heterocycles. The average molecular weight is 271 g/mol. The highest BCUT2D eigenvalue weighted by Crippen LogP contribution is 2.17. The van der Waals surface area contributed by atoms with Gasteiger partial charge in [-0.15, -0.1) is 11.6 Å². The third-order valence-electron chi connectivity index (χ3n) is 2.46. The van der Waals surface area contributed by atoms with Crippen molar-refractivity contribution >= 4 is 23.4 Å². The number of rotatable bonds is 6. The Bertz CT molecular complexity index is 443. The Morgan fingerprint density at radius 3 is 2.67 bits per heavy atom. The summed E-state index contributed by atoms with van der Waals surface area (Å²) in [5, 5.41) is 9.35. The van der Waals surface area contributed by atoms with Crippen molar-refractivity contribution in [3.05, 3.63) is 34.9 Å². The number of esters is 1. The van der Waals surface area contributed by atoms with E-state index in [0.717, 1.165) is 0 Å². The van der Waals surface area contributed by atoms with Crippen molar-refractivity contribution in [2.75, 3.05) is 12.5 Å². The van der Waals surface area contributed by atoms with Crippen molar-refractivity contribution < 1.29 is 19.4 Å². The fourth-order valence-corrected chi connectivity index (χ4v) is 1.74. The van der Waals surface area contributed by atoms with E-state index >= 15 is 0 Å². The van der Waals surface area contributed by atoms with Crippen molar-refractivity contribution in [3.8, 4) is 0 Å². The van der Waals surface area contributed by atoms with E-state index in [9.17, 15) is 14.7 Å². The molecule has 0 aliphatic rings. The van der Waals surface area contributed by atoms with E-state index in [1.807, 2.05) is 0 Å². The highest BCUT2D eigenvalue weighted by molar-refractivity contribution is 6.27. The third kappa shape index (κ3) is 3.55. The van der Waals surface area contributed by atoms with Gasteiger partial charge in [-0.05, 0) is 24.1 Å². The van der Waals surface area contributed by atoms with Crippen LogP contribution in [0.15, 0.2) is 18.2 Å². The number of aliphatic hydroxyl groups excluding tert-OH is 1. The molecular weight excluding hydrogens is 256 g/mol. The summed E-state index contributed by atoms with van der Waals surface area (Å²) in [6.07, 6.45) is 0.104. The van der Waals surface area contributed by atoms with E-state index < -0.39 is 5.97 Å². The fourth-order valence-electron chi connectivity index (χ4n) is 1.65. The summed E-state index contributed by atoms with van der Waals surface area (Å²) in [5.74, 6) is -0.747. The van der Waals surface area contributed by atoms with E-state index in [-0.39, 0.29) is 31.3 Å². The molecule has 0 saturated heterocycles. The molecule has 98 valence electrons. The molecule has 0 spiro atoms. The smallest absolute Gasteiger partial charge is 0.338 e. The highest BCUT2D eigenvalue weighted by Gasteiger charge is 2.16. The Balaban J connectivity index is 3.09. The molecule has 1 aromatic rings. The van der Waals surface area contributed by atoms with E-state index in [1.165, 1.54) is 0 Å². The first-order chi connectivity index (χ1) is 8.63. The zero-order valence-electron chi connectivity index (χ0n) is 10.1. The van der Waals surface area contributed by atoms with Gasteiger partial charge in [-0.2, -0.15) is 0 Å². The minimum Gasteiger partial charge on any atom is -0.462 e. The van der Waals surface area contributed by atoms with Crippen LogP contribution < -0.4 is 0 Å². The molecule has 0 heterocycles. The van der Waals surface area contributed by atoms with Gasteiger partial charge in [-0.25, -0.2) is 4.79 Å². The number of ketones is 1. The number of aliphatic hydroxyl groups is 1. The molecule has 0 aliphatic carbocycles. The molecule has 1 rings (SSSR count). The van der Waals surface area contributed by atoms with Crippen molar-refractivity contribution in [3.63, 3.8) is 0 Å². The molecule has 0 atom stereocenters. The van der Waals surface area contributed by atoms with Crippen molar-refractivity contribution in [1.82, 2.24) is 0 Å². The van der Waals surface area contributed by atoms with Gasteiger partial charge in [0, 0.05) is 6.42 Å². The number of carbonyl (C=O) groups excluding carboxylic acids is 2. The zero-order valence-corrected chi connectivity index (χ0v) is 10.9. The molecule has 0 bridgehead atoms. The number of benzene rings is 1. The van der Waals surface area contributed by atoms with Gasteiger partial charge in [0.15, 0.2) is 5.78 Å². The molecule has 0 amide bonds. The Morgan fingerprint density at radius 2 is 2.11 bits per heavy atom. The van der Waals surface area contributed by atoms with E-state index in [4.69, 9.17) is 16.3 Å². The second-order valence-corrected chi connectivity index (χ2v) is 3.94. The van der Waals surface area contributed by atoms with Crippen LogP contribution in [0.25, 0.3) is 0 Å². The summed E-state index contributed by atoms with van der Waals surface area (Å²) in [4.78, 5) is 23.0. The van der Waals surface area contributed by atoms with Crippen LogP contribution in [0.1, 0.15) is 28.4 Å². The number of hydrogen-bond acceptors (Lipinski definition) is 4. The summed E-state index contributed by atoms with van der Waals surface area (Å²) in [6.45, 7) is 1.64. The molecule has 0 saturated carbocycles. The number of halogens is 1. The SMILES string of the molecule is CCOC(=O)c1cccc(CC(=O)CCl)c1CO. The first-order valence-electron chi connectivity index (χ1n) is 5.60. The van der Waals surface area contributed by atoms with E-state index in [2.05, 4.69) is 0 Å². The lowest BCUT2D eigenvalue weighted by Gasteiger charge is -2.11. The Labute approximate surface area is 111 Å². The van der Waals surface area contributed by atoms with Crippen LogP contribution in [0, 0.1) is 0 Å². The quantitative estimate of drug-likeness (QED) is 0.631. The fraction of sp³-hybridized carbons (Fsp3) is 0.385. The van der Waals surface area contributed by atoms with Gasteiger partial charge in [0.2, 0.25) is 0 Å². The lowest BCUT2D eigenvalue weighted by Crippen LogP contribution is -2.13. The van der Waals surface area contributed by atoms with Gasteiger partial charge in [-0.3, -0.25) is 4.79 Å². The van der Waals surface area contributed by atoms with Crippen LogP contribution in [-0.4, -0.2) is 29.3 Å². The van der Waals surface area contributed by atoms with Gasteiger partial charge in [0.25, 0.3) is 0 Å². The van der Waals surface area contributed by atoms with Gasteiger partial charge in [0.05, 0.1) is 24.7 Å². The largest absolute Gasteiger partial charge is 0.462 e. The standard InChI is InChI=1S/C13H15ClO4/c1-2-18-13(17)11-5-3-4-9(12(11)8-15)6-10(16)7-14/h3-5,15H,2,6-8H2,1H3. The predicted molar refractivity (Wildman–Crippen MR) is 67.8 cm³/mol.